The smallest absolute Gasteiger partial charge is 0.237 e. The molecule has 0 radical (unpaired) electrons. The minimum Gasteiger partial charge on any atom is -0.368 e. The highest BCUT2D eigenvalue weighted by atomic mass is 16.2. The van der Waals surface area contributed by atoms with Gasteiger partial charge < -0.3 is 15.6 Å². The molecule has 0 aliphatic rings. The summed E-state index contributed by atoms with van der Waals surface area (Å²) in [4.78, 5) is 27.2. The minimum absolute atomic E-state index is 0.0438. The van der Waals surface area contributed by atoms with Gasteiger partial charge in [0.1, 0.15) is 12.4 Å². The highest BCUT2D eigenvalue weighted by Crippen LogP contribution is 2.20. The van der Waals surface area contributed by atoms with Gasteiger partial charge in [-0.3, -0.25) is 9.59 Å². The summed E-state index contributed by atoms with van der Waals surface area (Å²) in [7, 11) is 0. The van der Waals surface area contributed by atoms with Gasteiger partial charge in [0.15, 0.2) is 0 Å². The number of fused-ring (bicyclic) bond motifs is 1. The highest BCUT2D eigenvalue weighted by Gasteiger charge is 2.18. The van der Waals surface area contributed by atoms with Crippen LogP contribution >= 0.6 is 0 Å². The van der Waals surface area contributed by atoms with Crippen molar-refractivity contribution < 1.29 is 9.59 Å². The molecule has 0 aliphatic carbocycles. The van der Waals surface area contributed by atoms with Crippen molar-refractivity contribution >= 4 is 22.8 Å². The number of aromatic nitrogens is 2. The van der Waals surface area contributed by atoms with Gasteiger partial charge in [0.25, 0.3) is 0 Å². The lowest BCUT2D eigenvalue weighted by molar-refractivity contribution is -0.121. The predicted octanol–water partition coefficient (Wildman–Crippen LogP) is 1.11. The molecule has 1 atom stereocenters. The molecule has 0 fully saturated rings. The molecule has 106 valence electrons. The van der Waals surface area contributed by atoms with Crippen molar-refractivity contribution in [3.63, 3.8) is 0 Å². The molecular weight excluding hydrogens is 256 g/mol. The zero-order valence-corrected chi connectivity index (χ0v) is 11.6. The fourth-order valence-corrected chi connectivity index (χ4v) is 2.15. The maximum atomic E-state index is 11.5. The Morgan fingerprint density at radius 3 is 2.75 bits per heavy atom. The molecule has 6 nitrogen and oxygen atoms in total. The first-order valence-corrected chi connectivity index (χ1v) is 6.55. The zero-order valence-electron chi connectivity index (χ0n) is 11.6. The molecule has 20 heavy (non-hydrogen) atoms. The fourth-order valence-electron chi connectivity index (χ4n) is 2.15. The van der Waals surface area contributed by atoms with E-state index >= 15 is 0 Å². The van der Waals surface area contributed by atoms with Crippen molar-refractivity contribution in [1.82, 2.24) is 14.9 Å². The second-order valence-electron chi connectivity index (χ2n) is 4.65. The van der Waals surface area contributed by atoms with Crippen LogP contribution in [-0.2, 0) is 16.1 Å². The number of hydrogen-bond acceptors (Lipinski definition) is 3. The van der Waals surface area contributed by atoms with Crippen LogP contribution in [0.1, 0.15) is 32.1 Å². The maximum Gasteiger partial charge on any atom is 0.237 e. The van der Waals surface area contributed by atoms with Crippen LogP contribution < -0.4 is 11.1 Å². The second kappa shape index (κ2) is 5.73. The van der Waals surface area contributed by atoms with Crippen LogP contribution in [0.4, 0.5) is 0 Å². The number of amides is 2. The van der Waals surface area contributed by atoms with Gasteiger partial charge in [0, 0.05) is 6.42 Å². The van der Waals surface area contributed by atoms with Crippen LogP contribution in [0.3, 0.4) is 0 Å². The molecule has 2 amide bonds. The van der Waals surface area contributed by atoms with Crippen molar-refractivity contribution in [1.29, 1.82) is 0 Å². The predicted molar refractivity (Wildman–Crippen MR) is 75.8 cm³/mol. The summed E-state index contributed by atoms with van der Waals surface area (Å²) in [5.41, 5.74) is 6.91. The van der Waals surface area contributed by atoms with Gasteiger partial charge in [-0.15, -0.1) is 0 Å². The van der Waals surface area contributed by atoms with E-state index in [0.29, 0.717) is 12.2 Å². The quantitative estimate of drug-likeness (QED) is 0.855. The van der Waals surface area contributed by atoms with E-state index in [4.69, 9.17) is 5.73 Å². The van der Waals surface area contributed by atoms with Crippen LogP contribution in [0, 0.1) is 0 Å². The van der Waals surface area contributed by atoms with Crippen molar-refractivity contribution in [2.24, 2.45) is 5.73 Å². The van der Waals surface area contributed by atoms with Crippen LogP contribution in [0.5, 0.6) is 0 Å². The molecule has 1 aromatic heterocycles. The number of carbonyl (C=O) groups is 2. The molecular formula is C14H18N4O2. The van der Waals surface area contributed by atoms with E-state index in [1.807, 2.05) is 31.2 Å². The number of hydrogen-bond donors (Lipinski definition) is 2. The van der Waals surface area contributed by atoms with Crippen LogP contribution in [0.15, 0.2) is 24.3 Å². The Bertz CT molecular complexity index is 648. The summed E-state index contributed by atoms with van der Waals surface area (Å²) < 4.78 is 1.75. The van der Waals surface area contributed by atoms with Crippen LogP contribution in [-0.4, -0.2) is 21.4 Å². The van der Waals surface area contributed by atoms with Gasteiger partial charge in [-0.1, -0.05) is 19.1 Å². The summed E-state index contributed by atoms with van der Waals surface area (Å²) in [5, 5.41) is 2.85. The molecule has 1 aromatic carbocycles. The number of rotatable bonds is 5. The summed E-state index contributed by atoms with van der Waals surface area (Å²) >= 11 is 0. The third kappa shape index (κ3) is 2.79. The molecule has 1 heterocycles. The van der Waals surface area contributed by atoms with Gasteiger partial charge >= 0.3 is 0 Å². The number of nitrogens with two attached hydrogens (primary N) is 1. The Morgan fingerprint density at radius 1 is 1.40 bits per heavy atom. The van der Waals surface area contributed by atoms with Crippen molar-refractivity contribution in [3.8, 4) is 0 Å². The Balaban J connectivity index is 2.45. The first-order valence-electron chi connectivity index (χ1n) is 6.55. The van der Waals surface area contributed by atoms with Crippen LogP contribution in [0.25, 0.3) is 11.0 Å². The Labute approximate surface area is 117 Å². The number of primary amides is 1. The summed E-state index contributed by atoms with van der Waals surface area (Å²) in [6.45, 7) is 3.67. The summed E-state index contributed by atoms with van der Waals surface area (Å²) in [5.74, 6) is 0.130. The number of nitrogens with zero attached hydrogens (tertiary/aromatic N) is 2. The SMILES string of the molecule is CCC(=O)NC(C)c1nc2ccccc2n1CC(N)=O. The number of nitrogens with one attached hydrogen (secondary N) is 1. The van der Waals surface area contributed by atoms with Gasteiger partial charge in [-0.25, -0.2) is 4.98 Å². The van der Waals surface area contributed by atoms with Crippen molar-refractivity contribution in [2.45, 2.75) is 32.9 Å². The number of benzene rings is 1. The van der Waals surface area contributed by atoms with Crippen molar-refractivity contribution in [3.05, 3.63) is 30.1 Å². The lowest BCUT2D eigenvalue weighted by atomic mass is 10.3. The zero-order chi connectivity index (χ0) is 14.7. The van der Waals surface area contributed by atoms with E-state index < -0.39 is 5.91 Å². The molecule has 0 bridgehead atoms. The second-order valence-corrected chi connectivity index (χ2v) is 4.65. The third-order valence-electron chi connectivity index (χ3n) is 3.08. The topological polar surface area (TPSA) is 90.0 Å². The average Bonchev–Trinajstić information content (AvgIpc) is 2.77. The third-order valence-corrected chi connectivity index (χ3v) is 3.08. The molecule has 3 N–H and O–H groups in total. The molecule has 0 saturated carbocycles. The van der Waals surface area contributed by atoms with Gasteiger partial charge in [0.2, 0.25) is 11.8 Å². The average molecular weight is 274 g/mol. The highest BCUT2D eigenvalue weighted by molar-refractivity contribution is 5.81. The van der Waals surface area contributed by atoms with E-state index in [0.717, 1.165) is 11.0 Å². The monoisotopic (exact) mass is 274 g/mol. The van der Waals surface area contributed by atoms with E-state index in [2.05, 4.69) is 10.3 Å². The van der Waals surface area contributed by atoms with E-state index in [-0.39, 0.29) is 18.5 Å². The molecule has 0 spiro atoms. The Hall–Kier alpha value is -2.37. The Kier molecular flexibility index (Phi) is 4.02. The van der Waals surface area contributed by atoms with Crippen molar-refractivity contribution in [2.75, 3.05) is 0 Å². The van der Waals surface area contributed by atoms with E-state index in [9.17, 15) is 9.59 Å². The maximum absolute atomic E-state index is 11.5. The molecule has 0 saturated heterocycles. The minimum atomic E-state index is -0.441. The molecule has 0 aliphatic heterocycles. The number of para-hydroxylation sites is 2. The Morgan fingerprint density at radius 2 is 2.10 bits per heavy atom. The lowest BCUT2D eigenvalue weighted by Crippen LogP contribution is -2.29. The number of imidazole rings is 1. The van der Waals surface area contributed by atoms with Gasteiger partial charge in [0.05, 0.1) is 17.1 Å². The first kappa shape index (κ1) is 14.0. The molecule has 2 aromatic rings. The van der Waals surface area contributed by atoms with Gasteiger partial charge in [-0.2, -0.15) is 0 Å². The molecule has 1 unspecified atom stereocenters. The normalized spacial score (nSPS) is 12.3. The summed E-state index contributed by atoms with van der Waals surface area (Å²) in [6.07, 6.45) is 0.403. The number of carbonyl (C=O) groups excluding carboxylic acids is 2. The standard InChI is InChI=1S/C14H18N4O2/c1-3-13(20)16-9(2)14-17-10-6-4-5-7-11(10)18(14)8-12(15)19/h4-7,9H,3,8H2,1-2H3,(H2,15,19)(H,16,20). The summed E-state index contributed by atoms with van der Waals surface area (Å²) in [6, 6.07) is 7.21. The molecule has 2 rings (SSSR count). The fraction of sp³-hybridized carbons (Fsp3) is 0.357. The lowest BCUT2D eigenvalue weighted by Gasteiger charge is -2.15. The van der Waals surface area contributed by atoms with Gasteiger partial charge in [-0.05, 0) is 19.1 Å². The largest absolute Gasteiger partial charge is 0.368 e. The van der Waals surface area contributed by atoms with E-state index in [1.165, 1.54) is 0 Å². The van der Waals surface area contributed by atoms with Crippen LogP contribution in [0.2, 0.25) is 0 Å². The molecule has 6 heteroatoms. The van der Waals surface area contributed by atoms with E-state index in [1.54, 1.807) is 11.5 Å². The first-order chi connectivity index (χ1) is 9.52.